The van der Waals surface area contributed by atoms with Gasteiger partial charge in [-0.05, 0) is 38.8 Å². The fraction of sp³-hybridized carbons (Fsp3) is 0.500. The zero-order chi connectivity index (χ0) is 13.0. The molecule has 0 aliphatic heterocycles. The van der Waals surface area contributed by atoms with Gasteiger partial charge in [0.15, 0.2) is 0 Å². The molecule has 1 unspecified atom stereocenters. The maximum absolute atomic E-state index is 13.9. The van der Waals surface area contributed by atoms with Crippen molar-refractivity contribution in [2.45, 2.75) is 40.2 Å². The molecule has 0 bridgehead atoms. The molecule has 0 radical (unpaired) electrons. The fourth-order valence-electron chi connectivity index (χ4n) is 1.84. The van der Waals surface area contributed by atoms with E-state index in [9.17, 15) is 9.18 Å². The Morgan fingerprint density at radius 3 is 2.59 bits per heavy atom. The molecule has 0 N–H and O–H groups in total. The summed E-state index contributed by atoms with van der Waals surface area (Å²) in [6.45, 7) is 8.19. The van der Waals surface area contributed by atoms with Crippen molar-refractivity contribution >= 4 is 5.91 Å². The van der Waals surface area contributed by atoms with E-state index in [1.165, 1.54) is 0 Å². The number of nitrogens with zero attached hydrogens (tertiary/aromatic N) is 1. The molecule has 1 rings (SSSR count). The summed E-state index contributed by atoms with van der Waals surface area (Å²) in [6.07, 6.45) is 0.868. The summed E-state index contributed by atoms with van der Waals surface area (Å²) >= 11 is 0. The van der Waals surface area contributed by atoms with Crippen LogP contribution in [0.1, 0.15) is 43.1 Å². The van der Waals surface area contributed by atoms with Gasteiger partial charge >= 0.3 is 0 Å². The summed E-state index contributed by atoms with van der Waals surface area (Å²) in [4.78, 5) is 13.9. The van der Waals surface area contributed by atoms with Crippen molar-refractivity contribution in [3.05, 3.63) is 35.1 Å². The zero-order valence-corrected chi connectivity index (χ0v) is 11.0. The van der Waals surface area contributed by atoms with Gasteiger partial charge in [-0.25, -0.2) is 4.39 Å². The molecule has 0 fully saturated rings. The predicted molar refractivity (Wildman–Crippen MR) is 67.6 cm³/mol. The average Bonchev–Trinajstić information content (AvgIpc) is 2.33. The lowest BCUT2D eigenvalue weighted by Crippen LogP contribution is -2.38. The maximum atomic E-state index is 13.9. The van der Waals surface area contributed by atoms with E-state index in [0.717, 1.165) is 6.42 Å². The van der Waals surface area contributed by atoms with E-state index < -0.39 is 5.82 Å². The molecule has 1 amide bonds. The van der Waals surface area contributed by atoms with Crippen LogP contribution in [-0.2, 0) is 0 Å². The van der Waals surface area contributed by atoms with Crippen molar-refractivity contribution in [1.82, 2.24) is 4.90 Å². The fourth-order valence-corrected chi connectivity index (χ4v) is 1.84. The van der Waals surface area contributed by atoms with E-state index in [1.54, 1.807) is 30.0 Å². The number of benzene rings is 1. The number of carbonyl (C=O) groups is 1. The van der Waals surface area contributed by atoms with Crippen LogP contribution in [0.15, 0.2) is 18.2 Å². The number of carbonyl (C=O) groups excluding carboxylic acids is 1. The second-order valence-corrected chi connectivity index (χ2v) is 4.28. The van der Waals surface area contributed by atoms with Crippen LogP contribution in [-0.4, -0.2) is 23.4 Å². The lowest BCUT2D eigenvalue weighted by Gasteiger charge is -2.27. The van der Waals surface area contributed by atoms with Crippen molar-refractivity contribution in [2.24, 2.45) is 0 Å². The van der Waals surface area contributed by atoms with Crippen LogP contribution in [0.25, 0.3) is 0 Å². The Bertz CT molecular complexity index is 403. The van der Waals surface area contributed by atoms with Gasteiger partial charge in [0.1, 0.15) is 5.82 Å². The van der Waals surface area contributed by atoms with E-state index in [4.69, 9.17) is 0 Å². The van der Waals surface area contributed by atoms with Crippen molar-refractivity contribution < 1.29 is 9.18 Å². The third kappa shape index (κ3) is 2.84. The molecule has 3 heteroatoms. The molecule has 1 aromatic rings. The van der Waals surface area contributed by atoms with Crippen molar-refractivity contribution in [3.8, 4) is 0 Å². The molecule has 1 aromatic carbocycles. The second-order valence-electron chi connectivity index (χ2n) is 4.28. The van der Waals surface area contributed by atoms with E-state index >= 15 is 0 Å². The summed E-state index contributed by atoms with van der Waals surface area (Å²) in [5.41, 5.74) is 0.684. The van der Waals surface area contributed by atoms with Gasteiger partial charge in [0.2, 0.25) is 0 Å². The van der Waals surface area contributed by atoms with Gasteiger partial charge in [-0.2, -0.15) is 0 Å². The van der Waals surface area contributed by atoms with E-state index in [-0.39, 0.29) is 17.5 Å². The Hall–Kier alpha value is -1.38. The first-order valence-electron chi connectivity index (χ1n) is 6.08. The molecule has 0 spiro atoms. The van der Waals surface area contributed by atoms with Crippen molar-refractivity contribution in [1.29, 1.82) is 0 Å². The summed E-state index contributed by atoms with van der Waals surface area (Å²) in [5, 5.41) is 0. The van der Waals surface area contributed by atoms with Crippen LogP contribution in [0.5, 0.6) is 0 Å². The SMILES string of the molecule is CCC(C)N(CC)C(=O)c1cccc(C)c1F. The first kappa shape index (κ1) is 13.7. The number of rotatable bonds is 4. The highest BCUT2D eigenvalue weighted by Crippen LogP contribution is 2.16. The lowest BCUT2D eigenvalue weighted by molar-refractivity contribution is 0.0695. The number of halogens is 1. The van der Waals surface area contributed by atoms with E-state index in [1.807, 2.05) is 20.8 Å². The van der Waals surface area contributed by atoms with Gasteiger partial charge in [-0.1, -0.05) is 19.1 Å². The topological polar surface area (TPSA) is 20.3 Å². The Labute approximate surface area is 102 Å². The third-order valence-electron chi connectivity index (χ3n) is 3.15. The smallest absolute Gasteiger partial charge is 0.257 e. The molecule has 0 aliphatic rings. The molecular weight excluding hydrogens is 217 g/mol. The number of hydrogen-bond acceptors (Lipinski definition) is 1. The highest BCUT2D eigenvalue weighted by atomic mass is 19.1. The largest absolute Gasteiger partial charge is 0.336 e. The molecule has 2 nitrogen and oxygen atoms in total. The van der Waals surface area contributed by atoms with Crippen LogP contribution in [0, 0.1) is 12.7 Å². The van der Waals surface area contributed by atoms with Gasteiger partial charge < -0.3 is 4.90 Å². The summed E-state index contributed by atoms with van der Waals surface area (Å²) in [5.74, 6) is -0.623. The number of amides is 1. The minimum Gasteiger partial charge on any atom is -0.336 e. The Morgan fingerprint density at radius 1 is 1.41 bits per heavy atom. The molecule has 0 aliphatic carbocycles. The Balaban J connectivity index is 3.06. The zero-order valence-electron chi connectivity index (χ0n) is 11.0. The molecule has 0 saturated heterocycles. The molecule has 1 atom stereocenters. The minimum absolute atomic E-state index is 0.132. The maximum Gasteiger partial charge on any atom is 0.257 e. The highest BCUT2D eigenvalue weighted by molar-refractivity contribution is 5.94. The van der Waals surface area contributed by atoms with E-state index in [0.29, 0.717) is 12.1 Å². The van der Waals surface area contributed by atoms with Crippen LogP contribution in [0.4, 0.5) is 4.39 Å². The first-order valence-corrected chi connectivity index (χ1v) is 6.08. The molecule has 0 saturated carbocycles. The normalized spacial score (nSPS) is 12.3. The first-order chi connectivity index (χ1) is 8.02. The van der Waals surface area contributed by atoms with Crippen LogP contribution < -0.4 is 0 Å². The third-order valence-corrected chi connectivity index (χ3v) is 3.15. The molecule has 0 aromatic heterocycles. The van der Waals surface area contributed by atoms with E-state index in [2.05, 4.69) is 0 Å². The number of hydrogen-bond donors (Lipinski definition) is 0. The second kappa shape index (κ2) is 5.80. The monoisotopic (exact) mass is 237 g/mol. The minimum atomic E-state index is -0.403. The van der Waals surface area contributed by atoms with Gasteiger partial charge in [0, 0.05) is 12.6 Å². The molecule has 17 heavy (non-hydrogen) atoms. The standard InChI is InChI=1S/C14H20FNO/c1-5-11(4)16(6-2)14(17)12-9-7-8-10(3)13(12)15/h7-9,11H,5-6H2,1-4H3. The summed E-state index contributed by atoms with van der Waals surface area (Å²) in [7, 11) is 0. The summed E-state index contributed by atoms with van der Waals surface area (Å²) < 4.78 is 13.9. The van der Waals surface area contributed by atoms with Gasteiger partial charge in [0.05, 0.1) is 5.56 Å². The average molecular weight is 237 g/mol. The molecular formula is C14H20FNO. The summed E-state index contributed by atoms with van der Waals surface area (Å²) in [6, 6.07) is 5.07. The van der Waals surface area contributed by atoms with Crippen LogP contribution >= 0.6 is 0 Å². The van der Waals surface area contributed by atoms with Crippen LogP contribution in [0.3, 0.4) is 0 Å². The quantitative estimate of drug-likeness (QED) is 0.786. The van der Waals surface area contributed by atoms with Crippen molar-refractivity contribution in [3.63, 3.8) is 0 Å². The molecule has 0 heterocycles. The van der Waals surface area contributed by atoms with Gasteiger partial charge in [-0.15, -0.1) is 0 Å². The number of aryl methyl sites for hydroxylation is 1. The Morgan fingerprint density at radius 2 is 2.06 bits per heavy atom. The van der Waals surface area contributed by atoms with Gasteiger partial charge in [0.25, 0.3) is 5.91 Å². The highest BCUT2D eigenvalue weighted by Gasteiger charge is 2.21. The van der Waals surface area contributed by atoms with Gasteiger partial charge in [-0.3, -0.25) is 4.79 Å². The molecule has 94 valence electrons. The van der Waals surface area contributed by atoms with Crippen LogP contribution in [0.2, 0.25) is 0 Å². The predicted octanol–water partition coefficient (Wildman–Crippen LogP) is 3.39. The van der Waals surface area contributed by atoms with Crippen molar-refractivity contribution in [2.75, 3.05) is 6.54 Å². The Kier molecular flexibility index (Phi) is 4.67. The lowest BCUT2D eigenvalue weighted by atomic mass is 10.1.